The predicted molar refractivity (Wildman–Crippen MR) is 56.3 cm³/mol. The number of hydrogen-bond donors (Lipinski definition) is 1. The van der Waals surface area contributed by atoms with Gasteiger partial charge in [-0.05, 0) is 6.92 Å². The Morgan fingerprint density at radius 1 is 1.50 bits per heavy atom. The standard InChI is InChI=1S/C9H6F3N3O2S/c1-4-2-5(17-15-4)7(16)14-8-13-6(3-18-8)9(10,11)12/h2-3H,1H3,(H,13,14,16). The zero-order valence-corrected chi connectivity index (χ0v) is 9.72. The van der Waals surface area contributed by atoms with Crippen LogP contribution in [0.1, 0.15) is 21.9 Å². The van der Waals surface area contributed by atoms with Crippen molar-refractivity contribution in [1.82, 2.24) is 10.1 Å². The first-order chi connectivity index (χ1) is 8.36. The fourth-order valence-electron chi connectivity index (χ4n) is 1.09. The lowest BCUT2D eigenvalue weighted by Crippen LogP contribution is -2.11. The average molecular weight is 277 g/mol. The molecule has 2 heterocycles. The summed E-state index contributed by atoms with van der Waals surface area (Å²) in [6.45, 7) is 1.62. The van der Waals surface area contributed by atoms with E-state index in [0.29, 0.717) is 17.0 Å². The predicted octanol–water partition coefficient (Wildman–Crippen LogP) is 2.71. The Labute approximate surface area is 103 Å². The van der Waals surface area contributed by atoms with Crippen molar-refractivity contribution in [3.05, 3.63) is 28.6 Å². The van der Waals surface area contributed by atoms with E-state index in [1.54, 1.807) is 6.92 Å². The second-order valence-corrected chi connectivity index (χ2v) is 4.18. The molecule has 0 aliphatic carbocycles. The van der Waals surface area contributed by atoms with Gasteiger partial charge in [-0.3, -0.25) is 10.1 Å². The van der Waals surface area contributed by atoms with Gasteiger partial charge in [-0.2, -0.15) is 13.2 Å². The number of nitrogens with one attached hydrogen (secondary N) is 1. The number of thiazole rings is 1. The molecule has 0 spiro atoms. The second-order valence-electron chi connectivity index (χ2n) is 3.32. The molecule has 0 aliphatic rings. The molecular weight excluding hydrogens is 271 g/mol. The number of aromatic nitrogens is 2. The van der Waals surface area contributed by atoms with E-state index in [4.69, 9.17) is 0 Å². The smallest absolute Gasteiger partial charge is 0.351 e. The van der Waals surface area contributed by atoms with E-state index in [-0.39, 0.29) is 10.9 Å². The van der Waals surface area contributed by atoms with Crippen LogP contribution in [0.25, 0.3) is 0 Å². The molecule has 2 aromatic rings. The highest BCUT2D eigenvalue weighted by atomic mass is 32.1. The lowest BCUT2D eigenvalue weighted by Gasteiger charge is -2.00. The first-order valence-corrected chi connectivity index (χ1v) is 5.51. The molecule has 5 nitrogen and oxygen atoms in total. The third kappa shape index (κ3) is 2.67. The van der Waals surface area contributed by atoms with Crippen molar-refractivity contribution in [1.29, 1.82) is 0 Å². The Kier molecular flexibility index (Phi) is 3.07. The number of halogens is 3. The molecule has 2 aromatic heterocycles. The maximum absolute atomic E-state index is 12.3. The molecule has 0 saturated carbocycles. The van der Waals surface area contributed by atoms with Gasteiger partial charge in [-0.25, -0.2) is 4.98 Å². The summed E-state index contributed by atoms with van der Waals surface area (Å²) in [6.07, 6.45) is -4.53. The average Bonchev–Trinajstić information content (AvgIpc) is 2.85. The molecule has 9 heteroatoms. The minimum Gasteiger partial charge on any atom is -0.351 e. The van der Waals surface area contributed by atoms with Crippen LogP contribution in [0.4, 0.5) is 18.3 Å². The fourth-order valence-corrected chi connectivity index (χ4v) is 1.80. The minimum atomic E-state index is -4.53. The normalized spacial score (nSPS) is 11.6. The van der Waals surface area contributed by atoms with Crippen LogP contribution >= 0.6 is 11.3 Å². The van der Waals surface area contributed by atoms with E-state index in [1.807, 2.05) is 0 Å². The Bertz CT molecular complexity index is 576. The Hall–Kier alpha value is -1.90. The van der Waals surface area contributed by atoms with E-state index in [0.717, 1.165) is 5.38 Å². The van der Waals surface area contributed by atoms with Crippen molar-refractivity contribution in [2.24, 2.45) is 0 Å². The molecule has 18 heavy (non-hydrogen) atoms. The monoisotopic (exact) mass is 277 g/mol. The molecule has 1 N–H and O–H groups in total. The van der Waals surface area contributed by atoms with E-state index in [1.165, 1.54) is 6.07 Å². The molecule has 0 fully saturated rings. The van der Waals surface area contributed by atoms with Gasteiger partial charge in [0.25, 0.3) is 5.91 Å². The van der Waals surface area contributed by atoms with Crippen molar-refractivity contribution in [3.8, 4) is 0 Å². The van der Waals surface area contributed by atoms with Gasteiger partial charge >= 0.3 is 6.18 Å². The molecule has 0 aromatic carbocycles. The Morgan fingerprint density at radius 3 is 2.72 bits per heavy atom. The zero-order valence-electron chi connectivity index (χ0n) is 8.91. The van der Waals surface area contributed by atoms with E-state index in [2.05, 4.69) is 20.0 Å². The molecule has 0 saturated heterocycles. The maximum Gasteiger partial charge on any atom is 0.434 e. The summed E-state index contributed by atoms with van der Waals surface area (Å²) >= 11 is 0.681. The van der Waals surface area contributed by atoms with Crippen molar-refractivity contribution in [3.63, 3.8) is 0 Å². The van der Waals surface area contributed by atoms with Crippen LogP contribution in [-0.4, -0.2) is 16.0 Å². The highest BCUT2D eigenvalue weighted by Crippen LogP contribution is 2.31. The van der Waals surface area contributed by atoms with Gasteiger partial charge in [0, 0.05) is 11.4 Å². The van der Waals surface area contributed by atoms with Crippen LogP contribution in [0, 0.1) is 6.92 Å². The summed E-state index contributed by atoms with van der Waals surface area (Å²) in [6, 6.07) is 1.37. The van der Waals surface area contributed by atoms with Crippen molar-refractivity contribution >= 4 is 22.4 Å². The number of carbonyl (C=O) groups is 1. The van der Waals surface area contributed by atoms with Gasteiger partial charge in [0.15, 0.2) is 10.8 Å². The number of rotatable bonds is 2. The molecule has 2 rings (SSSR count). The lowest BCUT2D eigenvalue weighted by molar-refractivity contribution is -0.140. The van der Waals surface area contributed by atoms with Gasteiger partial charge in [-0.1, -0.05) is 5.16 Å². The number of hydrogen-bond acceptors (Lipinski definition) is 5. The Balaban J connectivity index is 2.10. The third-order valence-electron chi connectivity index (χ3n) is 1.87. The summed E-state index contributed by atoms with van der Waals surface area (Å²) in [5, 5.41) is 6.36. The molecular formula is C9H6F3N3O2S. The van der Waals surface area contributed by atoms with Gasteiger partial charge in [-0.15, -0.1) is 11.3 Å². The zero-order chi connectivity index (χ0) is 13.3. The third-order valence-corrected chi connectivity index (χ3v) is 2.62. The SMILES string of the molecule is Cc1cc(C(=O)Nc2nc(C(F)(F)F)cs2)on1. The maximum atomic E-state index is 12.3. The number of amides is 1. The van der Waals surface area contributed by atoms with Gasteiger partial charge in [0.2, 0.25) is 5.76 Å². The van der Waals surface area contributed by atoms with Crippen LogP contribution in [-0.2, 0) is 6.18 Å². The van der Waals surface area contributed by atoms with Crippen LogP contribution < -0.4 is 5.32 Å². The molecule has 0 atom stereocenters. The number of aryl methyl sites for hydroxylation is 1. The summed E-state index contributed by atoms with van der Waals surface area (Å²) in [7, 11) is 0. The number of carbonyl (C=O) groups excluding carboxylic acids is 1. The summed E-state index contributed by atoms with van der Waals surface area (Å²) in [5.74, 6) is -0.782. The van der Waals surface area contributed by atoms with Crippen LogP contribution in [0.2, 0.25) is 0 Å². The highest BCUT2D eigenvalue weighted by molar-refractivity contribution is 7.14. The Morgan fingerprint density at radius 2 is 2.22 bits per heavy atom. The molecule has 96 valence electrons. The number of nitrogens with zero attached hydrogens (tertiary/aromatic N) is 2. The lowest BCUT2D eigenvalue weighted by atomic mass is 10.4. The highest BCUT2D eigenvalue weighted by Gasteiger charge is 2.34. The van der Waals surface area contributed by atoms with E-state index >= 15 is 0 Å². The second kappa shape index (κ2) is 4.41. The molecule has 0 aliphatic heterocycles. The van der Waals surface area contributed by atoms with Crippen LogP contribution in [0.5, 0.6) is 0 Å². The topological polar surface area (TPSA) is 68.0 Å². The number of anilines is 1. The molecule has 0 bridgehead atoms. The quantitative estimate of drug-likeness (QED) is 0.916. The summed E-state index contributed by atoms with van der Waals surface area (Å²) in [4.78, 5) is 14.8. The van der Waals surface area contributed by atoms with Gasteiger partial charge in [0.1, 0.15) is 0 Å². The van der Waals surface area contributed by atoms with Crippen molar-refractivity contribution < 1.29 is 22.5 Å². The van der Waals surface area contributed by atoms with E-state index < -0.39 is 17.8 Å². The van der Waals surface area contributed by atoms with Crippen LogP contribution in [0.15, 0.2) is 16.0 Å². The molecule has 0 radical (unpaired) electrons. The first kappa shape index (κ1) is 12.6. The van der Waals surface area contributed by atoms with E-state index in [9.17, 15) is 18.0 Å². The van der Waals surface area contributed by atoms with Gasteiger partial charge < -0.3 is 4.52 Å². The van der Waals surface area contributed by atoms with Crippen LogP contribution in [0.3, 0.4) is 0 Å². The summed E-state index contributed by atoms with van der Waals surface area (Å²) < 4.78 is 41.5. The first-order valence-electron chi connectivity index (χ1n) is 4.63. The molecule has 1 amide bonds. The van der Waals surface area contributed by atoms with Crippen molar-refractivity contribution in [2.75, 3.05) is 5.32 Å². The van der Waals surface area contributed by atoms with Crippen molar-refractivity contribution in [2.45, 2.75) is 13.1 Å². The fraction of sp³-hybridized carbons (Fsp3) is 0.222. The summed E-state index contributed by atoms with van der Waals surface area (Å²) in [5.41, 5.74) is -0.549. The largest absolute Gasteiger partial charge is 0.434 e. The number of alkyl halides is 3. The van der Waals surface area contributed by atoms with Gasteiger partial charge in [0.05, 0.1) is 5.69 Å². The minimum absolute atomic E-state index is 0.0868. The molecule has 0 unspecified atom stereocenters.